The number of hydrogen-bond acceptors (Lipinski definition) is 2. The summed E-state index contributed by atoms with van der Waals surface area (Å²) < 4.78 is 44.6. The second-order valence-corrected chi connectivity index (χ2v) is 4.16. The van der Waals surface area contributed by atoms with E-state index >= 15 is 0 Å². The van der Waals surface area contributed by atoms with E-state index in [1.807, 2.05) is 0 Å². The van der Waals surface area contributed by atoms with Crippen molar-refractivity contribution < 1.29 is 22.7 Å². The van der Waals surface area contributed by atoms with Gasteiger partial charge in [0.1, 0.15) is 11.9 Å². The fraction of sp³-hybridized carbons (Fsp3) is 0.417. The van der Waals surface area contributed by atoms with Crippen LogP contribution in [0.2, 0.25) is 0 Å². The Labute approximate surface area is 102 Å². The van der Waals surface area contributed by atoms with Crippen molar-refractivity contribution in [3.05, 3.63) is 29.6 Å². The van der Waals surface area contributed by atoms with E-state index in [0.29, 0.717) is 38.1 Å². The molecule has 3 nitrogen and oxygen atoms in total. The number of rotatable bonds is 3. The maximum absolute atomic E-state index is 13.3. The average Bonchev–Trinajstić information content (AvgIpc) is 2.34. The lowest BCUT2D eigenvalue weighted by Crippen LogP contribution is -2.37. The molecule has 1 fully saturated rings. The van der Waals surface area contributed by atoms with Crippen LogP contribution in [0.3, 0.4) is 0 Å². The highest BCUT2D eigenvalue weighted by Gasteiger charge is 2.22. The maximum atomic E-state index is 13.3. The van der Waals surface area contributed by atoms with Crippen LogP contribution in [0.25, 0.3) is 0 Å². The average molecular weight is 259 g/mol. The zero-order valence-electron chi connectivity index (χ0n) is 9.54. The van der Waals surface area contributed by atoms with Gasteiger partial charge in [0.2, 0.25) is 6.41 Å². The van der Waals surface area contributed by atoms with Gasteiger partial charge in [-0.2, -0.15) is 0 Å². The summed E-state index contributed by atoms with van der Waals surface area (Å²) in [6.45, 7) is 0.969. The molecule has 2 rings (SSSR count). The first-order valence-corrected chi connectivity index (χ1v) is 5.60. The molecule has 0 aromatic heterocycles. The number of piperidine rings is 1. The molecular weight excluding hydrogens is 247 g/mol. The number of nitrogens with zero attached hydrogens (tertiary/aromatic N) is 1. The second-order valence-electron chi connectivity index (χ2n) is 4.16. The number of amides is 1. The van der Waals surface area contributed by atoms with Crippen molar-refractivity contribution in [1.82, 2.24) is 4.90 Å². The van der Waals surface area contributed by atoms with Crippen LogP contribution in [0.15, 0.2) is 12.1 Å². The van der Waals surface area contributed by atoms with E-state index in [-0.39, 0.29) is 6.10 Å². The number of ether oxygens (including phenoxy) is 1. The number of carbonyl (C=O) groups excluding carboxylic acids is 1. The molecule has 0 unspecified atom stereocenters. The van der Waals surface area contributed by atoms with E-state index in [2.05, 4.69) is 0 Å². The Bertz CT molecular complexity index is 422. The lowest BCUT2D eigenvalue weighted by atomic mass is 10.1. The first kappa shape index (κ1) is 12.7. The third-order valence-corrected chi connectivity index (χ3v) is 2.87. The summed E-state index contributed by atoms with van der Waals surface area (Å²) >= 11 is 0. The summed E-state index contributed by atoms with van der Waals surface area (Å²) in [6.07, 6.45) is 1.36. The normalized spacial score (nSPS) is 16.7. The smallest absolute Gasteiger partial charge is 0.209 e. The Kier molecular flexibility index (Phi) is 3.74. The Hall–Kier alpha value is -1.72. The van der Waals surface area contributed by atoms with Crippen molar-refractivity contribution in [3.63, 3.8) is 0 Å². The highest BCUT2D eigenvalue weighted by atomic mass is 19.1. The van der Waals surface area contributed by atoms with Crippen LogP contribution in [-0.2, 0) is 4.79 Å². The Morgan fingerprint density at radius 2 is 1.72 bits per heavy atom. The van der Waals surface area contributed by atoms with Crippen molar-refractivity contribution in [2.24, 2.45) is 0 Å². The monoisotopic (exact) mass is 259 g/mol. The van der Waals surface area contributed by atoms with Gasteiger partial charge in [-0.25, -0.2) is 13.2 Å². The molecule has 1 aromatic rings. The third kappa shape index (κ3) is 2.75. The molecule has 18 heavy (non-hydrogen) atoms. The molecular formula is C12H12F3NO2. The topological polar surface area (TPSA) is 29.5 Å². The minimum atomic E-state index is -1.05. The molecule has 0 saturated carbocycles. The molecule has 6 heteroatoms. The van der Waals surface area contributed by atoms with Gasteiger partial charge in [0.05, 0.1) is 0 Å². The zero-order valence-corrected chi connectivity index (χ0v) is 9.54. The minimum absolute atomic E-state index is 0.365. The van der Waals surface area contributed by atoms with Gasteiger partial charge < -0.3 is 9.64 Å². The van der Waals surface area contributed by atoms with E-state index in [9.17, 15) is 18.0 Å². The predicted molar refractivity (Wildman–Crippen MR) is 57.6 cm³/mol. The van der Waals surface area contributed by atoms with Crippen LogP contribution in [0, 0.1) is 17.5 Å². The van der Waals surface area contributed by atoms with E-state index in [4.69, 9.17) is 4.74 Å². The van der Waals surface area contributed by atoms with E-state index < -0.39 is 23.2 Å². The van der Waals surface area contributed by atoms with E-state index in [1.165, 1.54) is 0 Å². The van der Waals surface area contributed by atoms with Crippen LogP contribution in [0.4, 0.5) is 13.2 Å². The highest BCUT2D eigenvalue weighted by molar-refractivity contribution is 5.47. The summed E-state index contributed by atoms with van der Waals surface area (Å²) in [6, 6.07) is 1.16. The zero-order chi connectivity index (χ0) is 13.1. The largest absolute Gasteiger partial charge is 0.484 e. The molecule has 0 radical (unpaired) electrons. The molecule has 0 spiro atoms. The van der Waals surface area contributed by atoms with Crippen LogP contribution in [-0.4, -0.2) is 30.5 Å². The quantitative estimate of drug-likeness (QED) is 0.778. The van der Waals surface area contributed by atoms with Crippen molar-refractivity contribution in [2.75, 3.05) is 13.1 Å². The number of likely N-dealkylation sites (tertiary alicyclic amines) is 1. The first-order valence-electron chi connectivity index (χ1n) is 5.60. The van der Waals surface area contributed by atoms with E-state index in [0.717, 1.165) is 6.41 Å². The summed E-state index contributed by atoms with van der Waals surface area (Å²) in [5.74, 6) is -3.63. The second kappa shape index (κ2) is 5.29. The van der Waals surface area contributed by atoms with Crippen molar-refractivity contribution in [1.29, 1.82) is 0 Å². The van der Waals surface area contributed by atoms with E-state index in [1.54, 1.807) is 4.90 Å². The van der Waals surface area contributed by atoms with Gasteiger partial charge in [0.15, 0.2) is 17.4 Å². The summed E-state index contributed by atoms with van der Waals surface area (Å²) in [4.78, 5) is 12.1. The Morgan fingerprint density at radius 3 is 2.22 bits per heavy atom. The Balaban J connectivity index is 2.04. The standard InChI is InChI=1S/C12H12F3NO2/c13-8-5-10(14)12(11(15)6-8)18-9-1-3-16(7-17)4-2-9/h5-7,9H,1-4H2. The van der Waals surface area contributed by atoms with Crippen molar-refractivity contribution in [2.45, 2.75) is 18.9 Å². The fourth-order valence-electron chi connectivity index (χ4n) is 1.91. The lowest BCUT2D eigenvalue weighted by molar-refractivity contribution is -0.119. The lowest BCUT2D eigenvalue weighted by Gasteiger charge is -2.29. The molecule has 1 amide bonds. The van der Waals surface area contributed by atoms with Gasteiger partial charge in [0.25, 0.3) is 0 Å². The SMILES string of the molecule is O=CN1CCC(Oc2c(F)cc(F)cc2F)CC1. The molecule has 1 heterocycles. The third-order valence-electron chi connectivity index (χ3n) is 2.87. The van der Waals surface area contributed by atoms with Gasteiger partial charge in [-0.05, 0) is 0 Å². The molecule has 0 N–H and O–H groups in total. The maximum Gasteiger partial charge on any atom is 0.209 e. The highest BCUT2D eigenvalue weighted by Crippen LogP contribution is 2.26. The van der Waals surface area contributed by atoms with Gasteiger partial charge in [-0.15, -0.1) is 0 Å². The molecule has 1 aliphatic heterocycles. The van der Waals surface area contributed by atoms with Crippen LogP contribution in [0.5, 0.6) is 5.75 Å². The minimum Gasteiger partial charge on any atom is -0.484 e. The van der Waals surface area contributed by atoms with Crippen molar-refractivity contribution in [3.8, 4) is 5.75 Å². The van der Waals surface area contributed by atoms with Crippen LogP contribution < -0.4 is 4.74 Å². The molecule has 98 valence electrons. The summed E-state index contributed by atoms with van der Waals surface area (Å²) in [7, 11) is 0. The predicted octanol–water partition coefficient (Wildman–Crippen LogP) is 2.10. The van der Waals surface area contributed by atoms with Gasteiger partial charge in [-0.1, -0.05) is 0 Å². The molecule has 1 aromatic carbocycles. The molecule has 0 aliphatic carbocycles. The van der Waals surface area contributed by atoms with Gasteiger partial charge in [0, 0.05) is 38.1 Å². The van der Waals surface area contributed by atoms with Crippen LogP contribution in [0.1, 0.15) is 12.8 Å². The van der Waals surface area contributed by atoms with Gasteiger partial charge >= 0.3 is 0 Å². The number of hydrogen-bond donors (Lipinski definition) is 0. The van der Waals surface area contributed by atoms with Crippen LogP contribution >= 0.6 is 0 Å². The Morgan fingerprint density at radius 1 is 1.17 bits per heavy atom. The summed E-state index contributed by atoms with van der Waals surface area (Å²) in [5.41, 5.74) is 0. The fourth-order valence-corrected chi connectivity index (χ4v) is 1.91. The molecule has 1 saturated heterocycles. The molecule has 0 atom stereocenters. The van der Waals surface area contributed by atoms with Gasteiger partial charge in [-0.3, -0.25) is 4.79 Å². The molecule has 0 bridgehead atoms. The first-order chi connectivity index (χ1) is 8.60. The number of carbonyl (C=O) groups is 1. The number of benzene rings is 1. The van der Waals surface area contributed by atoms with Crippen molar-refractivity contribution >= 4 is 6.41 Å². The summed E-state index contributed by atoms with van der Waals surface area (Å²) in [5, 5.41) is 0. The number of halogens is 3. The molecule has 1 aliphatic rings.